The molecule has 0 fully saturated rings. The van der Waals surface area contributed by atoms with Crippen molar-refractivity contribution in [2.45, 2.75) is 11.8 Å². The van der Waals surface area contributed by atoms with E-state index in [1.807, 2.05) is 72.8 Å². The predicted octanol–water partition coefficient (Wildman–Crippen LogP) is 3.13. The van der Waals surface area contributed by atoms with Gasteiger partial charge in [0.05, 0.1) is 11.9 Å². The van der Waals surface area contributed by atoms with Gasteiger partial charge in [0, 0.05) is 11.8 Å². The molecule has 0 spiro atoms. The van der Waals surface area contributed by atoms with Crippen molar-refractivity contribution < 1.29 is 39.3 Å². The standard InChI is InChI=1S/2C14H12O2.Zn/c2*15-14(16)13(11-7-3-1-4-8-11)12-9-5-2-6-10-12;/h2*1-10,13H,(H,15,16);/q;;+2/p-2. The molecule has 5 heteroatoms. The summed E-state index contributed by atoms with van der Waals surface area (Å²) >= 11 is 0. The zero-order valence-corrected chi connectivity index (χ0v) is 21.0. The molecule has 0 heterocycles. The molecule has 160 valence electrons. The third kappa shape index (κ3) is 7.23. The minimum Gasteiger partial charge on any atom is -0.549 e. The van der Waals surface area contributed by atoms with Crippen LogP contribution in [0.1, 0.15) is 34.1 Å². The first-order chi connectivity index (χ1) is 15.6. The van der Waals surface area contributed by atoms with Gasteiger partial charge in [0.15, 0.2) is 0 Å². The summed E-state index contributed by atoms with van der Waals surface area (Å²) in [5.41, 5.74) is 2.98. The van der Waals surface area contributed by atoms with Gasteiger partial charge in [-0.3, -0.25) is 0 Å². The van der Waals surface area contributed by atoms with Crippen molar-refractivity contribution in [3.63, 3.8) is 0 Å². The summed E-state index contributed by atoms with van der Waals surface area (Å²) in [6, 6.07) is 36.5. The zero-order chi connectivity index (χ0) is 22.8. The van der Waals surface area contributed by atoms with Crippen LogP contribution in [-0.4, -0.2) is 11.9 Å². The molecule has 0 aliphatic carbocycles. The fraction of sp³-hybridized carbons (Fsp3) is 0.0714. The van der Waals surface area contributed by atoms with Crippen LogP contribution in [0.4, 0.5) is 0 Å². The molecule has 0 aliphatic rings. The first kappa shape index (κ1) is 25.7. The second-order valence-electron chi connectivity index (χ2n) is 7.15. The van der Waals surface area contributed by atoms with Gasteiger partial charge in [-0.1, -0.05) is 121 Å². The Bertz CT molecular complexity index is 946. The summed E-state index contributed by atoms with van der Waals surface area (Å²) in [5.74, 6) is -3.53. The minimum atomic E-state index is -1.07. The van der Waals surface area contributed by atoms with E-state index >= 15 is 0 Å². The van der Waals surface area contributed by atoms with Crippen molar-refractivity contribution in [2.24, 2.45) is 0 Å². The van der Waals surface area contributed by atoms with Crippen molar-refractivity contribution in [3.8, 4) is 0 Å². The van der Waals surface area contributed by atoms with Crippen LogP contribution in [0.5, 0.6) is 0 Å². The van der Waals surface area contributed by atoms with E-state index in [4.69, 9.17) is 0 Å². The molecule has 33 heavy (non-hydrogen) atoms. The number of aliphatic carboxylic acids is 2. The number of carboxylic acid groups (broad SMARTS) is 2. The summed E-state index contributed by atoms with van der Waals surface area (Å²) in [6.07, 6.45) is 0. The molecule has 4 rings (SSSR count). The van der Waals surface area contributed by atoms with Crippen LogP contribution in [0.15, 0.2) is 121 Å². The number of hydrogen-bond acceptors (Lipinski definition) is 4. The fourth-order valence-electron chi connectivity index (χ4n) is 3.51. The molecule has 0 bridgehead atoms. The second-order valence-corrected chi connectivity index (χ2v) is 7.15. The normalized spacial score (nSPS) is 10.0. The number of benzene rings is 4. The molecule has 0 aromatic heterocycles. The van der Waals surface area contributed by atoms with Crippen molar-refractivity contribution in [2.75, 3.05) is 0 Å². The Hall–Kier alpha value is -3.56. The summed E-state index contributed by atoms with van der Waals surface area (Å²) in [6.45, 7) is 0. The molecule has 4 nitrogen and oxygen atoms in total. The van der Waals surface area contributed by atoms with Gasteiger partial charge in [-0.2, -0.15) is 0 Å². The average molecular weight is 488 g/mol. The molecule has 0 unspecified atom stereocenters. The van der Waals surface area contributed by atoms with E-state index in [-0.39, 0.29) is 19.5 Å². The third-order valence-electron chi connectivity index (χ3n) is 5.00. The predicted molar refractivity (Wildman–Crippen MR) is 119 cm³/mol. The van der Waals surface area contributed by atoms with Gasteiger partial charge in [-0.05, 0) is 22.3 Å². The average Bonchev–Trinajstić information content (AvgIpc) is 2.82. The third-order valence-corrected chi connectivity index (χ3v) is 5.00. The Labute approximate surface area is 206 Å². The number of carbonyl (C=O) groups is 2. The van der Waals surface area contributed by atoms with E-state index < -0.39 is 23.8 Å². The van der Waals surface area contributed by atoms with Crippen LogP contribution in [0.2, 0.25) is 0 Å². The molecule has 4 aromatic carbocycles. The van der Waals surface area contributed by atoms with Crippen LogP contribution in [0.3, 0.4) is 0 Å². The van der Waals surface area contributed by atoms with Crippen molar-refractivity contribution in [1.29, 1.82) is 0 Å². The van der Waals surface area contributed by atoms with Gasteiger partial charge in [-0.15, -0.1) is 0 Å². The van der Waals surface area contributed by atoms with Crippen molar-refractivity contribution >= 4 is 11.9 Å². The largest absolute Gasteiger partial charge is 2.00 e. The maximum atomic E-state index is 11.2. The van der Waals surface area contributed by atoms with E-state index in [0.717, 1.165) is 22.3 Å². The first-order valence-corrected chi connectivity index (χ1v) is 10.2. The Morgan fingerprint density at radius 3 is 0.758 bits per heavy atom. The van der Waals surface area contributed by atoms with Crippen molar-refractivity contribution in [1.82, 2.24) is 0 Å². The molecular formula is C28H22O4Zn. The van der Waals surface area contributed by atoms with E-state index in [9.17, 15) is 19.8 Å². The van der Waals surface area contributed by atoms with Gasteiger partial charge >= 0.3 is 19.5 Å². The Morgan fingerprint density at radius 1 is 0.424 bits per heavy atom. The number of carboxylic acids is 2. The van der Waals surface area contributed by atoms with Crippen LogP contribution < -0.4 is 10.2 Å². The molecule has 0 radical (unpaired) electrons. The summed E-state index contributed by atoms with van der Waals surface area (Å²) < 4.78 is 0. The van der Waals surface area contributed by atoms with Crippen LogP contribution in [0, 0.1) is 0 Å². The molecule has 0 N–H and O–H groups in total. The van der Waals surface area contributed by atoms with Crippen LogP contribution in [-0.2, 0) is 29.1 Å². The molecule has 0 saturated heterocycles. The van der Waals surface area contributed by atoms with E-state index in [0.29, 0.717) is 0 Å². The molecule has 0 saturated carbocycles. The Balaban J connectivity index is 0.000000227. The Morgan fingerprint density at radius 2 is 0.606 bits per heavy atom. The minimum absolute atomic E-state index is 0. The van der Waals surface area contributed by atoms with E-state index in [1.165, 1.54) is 0 Å². The molecule has 0 atom stereocenters. The SMILES string of the molecule is O=C([O-])C(c1ccccc1)c1ccccc1.O=C([O-])C(c1ccccc1)c1ccccc1.[Zn+2]. The van der Waals surface area contributed by atoms with Gasteiger partial charge in [0.25, 0.3) is 0 Å². The molecule has 4 aromatic rings. The smallest absolute Gasteiger partial charge is 0.549 e. The first-order valence-electron chi connectivity index (χ1n) is 10.2. The number of rotatable bonds is 6. The van der Waals surface area contributed by atoms with E-state index in [2.05, 4.69) is 0 Å². The monoisotopic (exact) mass is 486 g/mol. The summed E-state index contributed by atoms with van der Waals surface area (Å²) in [4.78, 5) is 22.4. The maximum Gasteiger partial charge on any atom is 2.00 e. The maximum absolute atomic E-state index is 11.2. The van der Waals surface area contributed by atoms with Gasteiger partial charge in [-0.25, -0.2) is 0 Å². The van der Waals surface area contributed by atoms with Gasteiger partial charge < -0.3 is 19.8 Å². The van der Waals surface area contributed by atoms with Gasteiger partial charge in [0.1, 0.15) is 0 Å². The van der Waals surface area contributed by atoms with Gasteiger partial charge in [0.2, 0.25) is 0 Å². The number of carbonyl (C=O) groups excluding carboxylic acids is 2. The summed E-state index contributed by atoms with van der Waals surface area (Å²) in [7, 11) is 0. The Kier molecular flexibility index (Phi) is 10.2. The second kappa shape index (κ2) is 13.1. The molecule has 0 amide bonds. The van der Waals surface area contributed by atoms with E-state index in [1.54, 1.807) is 48.5 Å². The number of hydrogen-bond donors (Lipinski definition) is 0. The van der Waals surface area contributed by atoms with Crippen molar-refractivity contribution in [3.05, 3.63) is 144 Å². The molecular weight excluding hydrogens is 466 g/mol. The van der Waals surface area contributed by atoms with Crippen LogP contribution >= 0.6 is 0 Å². The topological polar surface area (TPSA) is 80.3 Å². The zero-order valence-electron chi connectivity index (χ0n) is 18.0. The fourth-order valence-corrected chi connectivity index (χ4v) is 3.51. The molecule has 0 aliphatic heterocycles. The summed E-state index contributed by atoms with van der Waals surface area (Å²) in [5, 5.41) is 22.4. The van der Waals surface area contributed by atoms with Crippen LogP contribution in [0.25, 0.3) is 0 Å². The quantitative estimate of drug-likeness (QED) is 0.391.